The van der Waals surface area contributed by atoms with Crippen LogP contribution in [-0.2, 0) is 9.59 Å². The van der Waals surface area contributed by atoms with Crippen molar-refractivity contribution in [3.63, 3.8) is 0 Å². The zero-order valence-corrected chi connectivity index (χ0v) is 12.8. The van der Waals surface area contributed by atoms with E-state index in [0.717, 1.165) is 6.42 Å². The molecule has 0 amide bonds. The molecule has 0 heterocycles. The summed E-state index contributed by atoms with van der Waals surface area (Å²) in [6, 6.07) is 1.26. The van der Waals surface area contributed by atoms with Gasteiger partial charge in [0.25, 0.3) is 0 Å². The fourth-order valence-electron chi connectivity index (χ4n) is 3.91. The van der Waals surface area contributed by atoms with Crippen molar-refractivity contribution in [3.05, 3.63) is 0 Å². The highest BCUT2D eigenvalue weighted by atomic mass is 16.4. The van der Waals surface area contributed by atoms with Crippen LogP contribution < -0.4 is 0 Å². The molecular weight excluding hydrogens is 254 g/mol. The Morgan fingerprint density at radius 2 is 1.90 bits per heavy atom. The summed E-state index contributed by atoms with van der Waals surface area (Å²) in [7, 11) is 0. The molecule has 114 valence electrons. The molecule has 0 aromatic rings. The lowest BCUT2D eigenvalue weighted by atomic mass is 9.85. The van der Waals surface area contributed by atoms with Crippen molar-refractivity contribution in [1.29, 1.82) is 0 Å². The molecule has 4 nitrogen and oxygen atoms in total. The first-order chi connectivity index (χ1) is 9.41. The van der Waals surface area contributed by atoms with Crippen LogP contribution in [0.3, 0.4) is 0 Å². The molecule has 0 bridgehead atoms. The van der Waals surface area contributed by atoms with Crippen molar-refractivity contribution >= 4 is 12.3 Å². The number of carboxylic acids is 1. The number of rotatable bonds is 6. The van der Waals surface area contributed by atoms with Crippen molar-refractivity contribution in [2.75, 3.05) is 0 Å². The van der Waals surface area contributed by atoms with Crippen LogP contribution >= 0.6 is 0 Å². The molecule has 2 aliphatic carbocycles. The molecular formula is C16H27NO3. The highest BCUT2D eigenvalue weighted by molar-refractivity contribution is 5.92. The standard InChI is InChI=1S/C16H27NO3/c1-11(2)17(12-7-5-4-6-8-12)14-9-13(14)16(3,10-18)15(19)20/h10-14H,4-9H2,1-3H3,(H,19,20). The van der Waals surface area contributed by atoms with Gasteiger partial charge in [0.1, 0.15) is 11.7 Å². The lowest BCUT2D eigenvalue weighted by Crippen LogP contribution is -2.46. The van der Waals surface area contributed by atoms with Gasteiger partial charge in [0.15, 0.2) is 0 Å². The molecule has 2 saturated carbocycles. The van der Waals surface area contributed by atoms with Gasteiger partial charge in [-0.3, -0.25) is 9.69 Å². The predicted molar refractivity (Wildman–Crippen MR) is 77.5 cm³/mol. The third-order valence-electron chi connectivity index (χ3n) is 5.21. The van der Waals surface area contributed by atoms with Crippen LogP contribution in [0.4, 0.5) is 0 Å². The molecule has 0 radical (unpaired) electrons. The Hall–Kier alpha value is -0.900. The molecule has 0 aromatic carbocycles. The summed E-state index contributed by atoms with van der Waals surface area (Å²) in [5, 5.41) is 9.34. The monoisotopic (exact) mass is 281 g/mol. The number of carbonyl (C=O) groups is 2. The first kappa shape index (κ1) is 15.5. The number of carboxylic acid groups (broad SMARTS) is 1. The van der Waals surface area contributed by atoms with E-state index in [2.05, 4.69) is 18.7 Å². The van der Waals surface area contributed by atoms with Crippen LogP contribution in [-0.4, -0.2) is 40.4 Å². The van der Waals surface area contributed by atoms with Crippen molar-refractivity contribution in [2.45, 2.75) is 77.4 Å². The topological polar surface area (TPSA) is 57.6 Å². The van der Waals surface area contributed by atoms with E-state index in [1.165, 1.54) is 32.1 Å². The number of nitrogens with zero attached hydrogens (tertiary/aromatic N) is 1. The normalized spacial score (nSPS) is 30.2. The van der Waals surface area contributed by atoms with Crippen LogP contribution in [0.15, 0.2) is 0 Å². The molecule has 3 atom stereocenters. The minimum Gasteiger partial charge on any atom is -0.481 e. The Morgan fingerprint density at radius 1 is 1.30 bits per heavy atom. The van der Waals surface area contributed by atoms with E-state index in [4.69, 9.17) is 0 Å². The van der Waals surface area contributed by atoms with Gasteiger partial charge in [0.05, 0.1) is 0 Å². The summed E-state index contributed by atoms with van der Waals surface area (Å²) in [5.74, 6) is -1.01. The van der Waals surface area contributed by atoms with Gasteiger partial charge in [-0.1, -0.05) is 19.3 Å². The highest BCUT2D eigenvalue weighted by Gasteiger charge is 2.57. The zero-order valence-electron chi connectivity index (χ0n) is 12.8. The minimum atomic E-state index is -1.22. The summed E-state index contributed by atoms with van der Waals surface area (Å²) in [6.45, 7) is 5.94. The highest BCUT2D eigenvalue weighted by Crippen LogP contribution is 2.50. The molecule has 0 aliphatic heterocycles. The summed E-state index contributed by atoms with van der Waals surface area (Å²) in [4.78, 5) is 25.2. The first-order valence-corrected chi connectivity index (χ1v) is 7.89. The van der Waals surface area contributed by atoms with Gasteiger partial charge >= 0.3 is 5.97 Å². The lowest BCUT2D eigenvalue weighted by Gasteiger charge is -2.38. The molecule has 2 aliphatic rings. The quantitative estimate of drug-likeness (QED) is 0.601. The third kappa shape index (κ3) is 2.76. The maximum absolute atomic E-state index is 11.4. The largest absolute Gasteiger partial charge is 0.481 e. The van der Waals surface area contributed by atoms with E-state index >= 15 is 0 Å². The maximum Gasteiger partial charge on any atom is 0.316 e. The molecule has 1 N–H and O–H groups in total. The maximum atomic E-state index is 11.4. The lowest BCUT2D eigenvalue weighted by molar-refractivity contribution is -0.152. The molecule has 0 saturated heterocycles. The number of hydrogen-bond donors (Lipinski definition) is 1. The molecule has 0 aromatic heterocycles. The predicted octanol–water partition coefficient (Wildman–Crippen LogP) is 2.71. The summed E-state index contributed by atoms with van der Waals surface area (Å²) < 4.78 is 0. The Balaban J connectivity index is 2.09. The smallest absolute Gasteiger partial charge is 0.316 e. The second kappa shape index (κ2) is 5.84. The molecule has 20 heavy (non-hydrogen) atoms. The second-order valence-electron chi connectivity index (χ2n) is 6.95. The fraction of sp³-hybridized carbons (Fsp3) is 0.875. The second-order valence-corrected chi connectivity index (χ2v) is 6.95. The fourth-order valence-corrected chi connectivity index (χ4v) is 3.91. The van der Waals surface area contributed by atoms with E-state index in [1.54, 1.807) is 6.92 Å². The van der Waals surface area contributed by atoms with E-state index < -0.39 is 11.4 Å². The average molecular weight is 281 g/mol. The average Bonchev–Trinajstić information content (AvgIpc) is 3.19. The zero-order chi connectivity index (χ0) is 14.9. The molecule has 2 rings (SSSR count). The number of aliphatic carboxylic acids is 1. The van der Waals surface area contributed by atoms with Gasteiger partial charge in [-0.2, -0.15) is 0 Å². The van der Waals surface area contributed by atoms with Crippen molar-refractivity contribution in [1.82, 2.24) is 4.90 Å². The van der Waals surface area contributed by atoms with Gasteiger partial charge < -0.3 is 9.90 Å². The van der Waals surface area contributed by atoms with Crippen LogP contribution in [0.1, 0.15) is 59.3 Å². The van der Waals surface area contributed by atoms with E-state index in [-0.39, 0.29) is 12.0 Å². The summed E-state index contributed by atoms with van der Waals surface area (Å²) in [6.07, 6.45) is 7.77. The summed E-state index contributed by atoms with van der Waals surface area (Å²) in [5.41, 5.74) is -1.22. The van der Waals surface area contributed by atoms with Crippen LogP contribution in [0.2, 0.25) is 0 Å². The number of carbonyl (C=O) groups excluding carboxylic acids is 1. The van der Waals surface area contributed by atoms with E-state index in [0.29, 0.717) is 18.4 Å². The van der Waals surface area contributed by atoms with Gasteiger partial charge in [-0.05, 0) is 46.0 Å². The van der Waals surface area contributed by atoms with Crippen molar-refractivity contribution < 1.29 is 14.7 Å². The Labute approximate surface area is 121 Å². The number of hydrogen-bond acceptors (Lipinski definition) is 3. The van der Waals surface area contributed by atoms with E-state index in [9.17, 15) is 14.7 Å². The molecule has 4 heteroatoms. The number of aldehydes is 1. The Kier molecular flexibility index (Phi) is 4.52. The van der Waals surface area contributed by atoms with Gasteiger partial charge in [0.2, 0.25) is 0 Å². The Bertz CT molecular complexity index is 376. The molecule has 2 fully saturated rings. The first-order valence-electron chi connectivity index (χ1n) is 7.89. The Morgan fingerprint density at radius 3 is 2.35 bits per heavy atom. The van der Waals surface area contributed by atoms with Crippen LogP contribution in [0.25, 0.3) is 0 Å². The van der Waals surface area contributed by atoms with Gasteiger partial charge in [0, 0.05) is 18.1 Å². The van der Waals surface area contributed by atoms with Gasteiger partial charge in [-0.25, -0.2) is 0 Å². The summed E-state index contributed by atoms with van der Waals surface area (Å²) >= 11 is 0. The third-order valence-corrected chi connectivity index (χ3v) is 5.21. The molecule has 0 spiro atoms. The van der Waals surface area contributed by atoms with Crippen molar-refractivity contribution in [3.8, 4) is 0 Å². The van der Waals surface area contributed by atoms with E-state index in [1.807, 2.05) is 0 Å². The van der Waals surface area contributed by atoms with Crippen molar-refractivity contribution in [2.24, 2.45) is 11.3 Å². The van der Waals surface area contributed by atoms with Crippen LogP contribution in [0, 0.1) is 11.3 Å². The van der Waals surface area contributed by atoms with Crippen LogP contribution in [0.5, 0.6) is 0 Å². The minimum absolute atomic E-state index is 0.0261. The molecule has 3 unspecified atom stereocenters. The SMILES string of the molecule is CC(C)N(C1CCCCC1)C1CC1C(C)(C=O)C(=O)O. The van der Waals surface area contributed by atoms with Gasteiger partial charge in [-0.15, -0.1) is 0 Å².